The van der Waals surface area contributed by atoms with E-state index in [2.05, 4.69) is 98.8 Å². The van der Waals surface area contributed by atoms with E-state index in [0.717, 1.165) is 50.5 Å². The van der Waals surface area contributed by atoms with Crippen molar-refractivity contribution in [3.05, 3.63) is 80.4 Å². The molecule has 1 unspecified atom stereocenters. The van der Waals surface area contributed by atoms with Crippen LogP contribution in [0.4, 0.5) is 0 Å². The fraction of sp³-hybridized carbons (Fsp3) is 0.632. The molecule has 0 aliphatic heterocycles. The highest BCUT2D eigenvalue weighted by Gasteiger charge is 2.40. The Labute approximate surface area is 261 Å². The average Bonchev–Trinajstić information content (AvgIpc) is 2.85. The molecule has 0 aromatic heterocycles. The quantitative estimate of drug-likeness (QED) is 0.150. The van der Waals surface area contributed by atoms with Crippen LogP contribution in [0.5, 0.6) is 0 Å². The first-order chi connectivity index (χ1) is 19.4. The minimum absolute atomic E-state index is 0.222. The van der Waals surface area contributed by atoms with Crippen molar-refractivity contribution in [2.75, 3.05) is 0 Å². The number of aliphatic hydroxyl groups is 1. The molecule has 4 heteroatoms. The van der Waals surface area contributed by atoms with Crippen LogP contribution >= 0.6 is 0 Å². The second kappa shape index (κ2) is 20.1. The van der Waals surface area contributed by atoms with Gasteiger partial charge >= 0.3 is 0 Å². The monoisotopic (exact) mass is 600 g/mol. The molecule has 0 aromatic carbocycles. The van der Waals surface area contributed by atoms with E-state index < -0.39 is 20.7 Å². The highest BCUT2D eigenvalue weighted by atomic mass is 32.2. The van der Waals surface area contributed by atoms with E-state index >= 15 is 0 Å². The Bertz CT molecular complexity index is 1150. The Morgan fingerprint density at radius 1 is 0.571 bits per heavy atom. The molecule has 0 bridgehead atoms. The second-order valence-electron chi connectivity index (χ2n) is 13.3. The van der Waals surface area contributed by atoms with E-state index in [1.54, 1.807) is 13.8 Å². The van der Waals surface area contributed by atoms with E-state index in [1.807, 2.05) is 6.92 Å². The smallest absolute Gasteiger partial charge is 0.179 e. The van der Waals surface area contributed by atoms with Crippen LogP contribution in [-0.2, 0) is 9.84 Å². The third-order valence-electron chi connectivity index (χ3n) is 7.58. The van der Waals surface area contributed by atoms with Crippen LogP contribution in [0.3, 0.4) is 0 Å². The van der Waals surface area contributed by atoms with Crippen LogP contribution in [-0.4, -0.2) is 24.4 Å². The van der Waals surface area contributed by atoms with E-state index in [9.17, 15) is 13.5 Å². The molecule has 0 saturated carbocycles. The second-order valence-corrected chi connectivity index (χ2v) is 15.7. The summed E-state index contributed by atoms with van der Waals surface area (Å²) in [5.74, 6) is 0. The van der Waals surface area contributed by atoms with Crippen molar-refractivity contribution in [1.82, 2.24) is 0 Å². The van der Waals surface area contributed by atoms with E-state index in [4.69, 9.17) is 0 Å². The summed E-state index contributed by atoms with van der Waals surface area (Å²) in [5.41, 5.74) is 6.86. The molecule has 0 aromatic rings. The largest absolute Gasteiger partial charge is 0.384 e. The van der Waals surface area contributed by atoms with E-state index in [0.29, 0.717) is 6.42 Å². The van der Waals surface area contributed by atoms with Crippen LogP contribution in [0.25, 0.3) is 0 Å². The molecule has 42 heavy (non-hydrogen) atoms. The summed E-state index contributed by atoms with van der Waals surface area (Å²) in [5, 5.41) is 11.7. The molecule has 1 N–H and O–H groups in total. The maximum absolute atomic E-state index is 13.8. The maximum Gasteiger partial charge on any atom is 0.179 e. The van der Waals surface area contributed by atoms with Crippen molar-refractivity contribution in [2.24, 2.45) is 0 Å². The Hall–Kier alpha value is -1.91. The van der Waals surface area contributed by atoms with Gasteiger partial charge in [-0.3, -0.25) is 0 Å². The van der Waals surface area contributed by atoms with Crippen LogP contribution < -0.4 is 0 Å². The molecule has 0 heterocycles. The number of hydrogen-bond acceptors (Lipinski definition) is 3. The number of sulfone groups is 1. The van der Waals surface area contributed by atoms with Gasteiger partial charge in [-0.15, -0.1) is 0 Å². The molecule has 1 atom stereocenters. The Morgan fingerprint density at radius 3 is 1.26 bits per heavy atom. The Balaban J connectivity index is 6.35. The molecule has 0 spiro atoms. The molecule has 0 saturated heterocycles. The van der Waals surface area contributed by atoms with Gasteiger partial charge < -0.3 is 5.11 Å². The number of hydrogen-bond donors (Lipinski definition) is 1. The van der Waals surface area contributed by atoms with Gasteiger partial charge in [0.15, 0.2) is 9.84 Å². The molecule has 0 aliphatic rings. The lowest BCUT2D eigenvalue weighted by atomic mass is 9.89. The van der Waals surface area contributed by atoms with Crippen molar-refractivity contribution in [3.8, 4) is 0 Å². The van der Waals surface area contributed by atoms with Gasteiger partial charge in [0, 0.05) is 0 Å². The van der Waals surface area contributed by atoms with E-state index in [-0.39, 0.29) is 17.7 Å². The normalized spacial score (nSPS) is 15.2. The predicted octanol–water partition coefficient (Wildman–Crippen LogP) is 11.5. The fourth-order valence-corrected chi connectivity index (χ4v) is 6.57. The lowest BCUT2D eigenvalue weighted by Crippen LogP contribution is -2.38. The molecule has 3 nitrogen and oxygen atoms in total. The summed E-state index contributed by atoms with van der Waals surface area (Å²) < 4.78 is 27.7. The van der Waals surface area contributed by atoms with Gasteiger partial charge in [0.2, 0.25) is 0 Å². The van der Waals surface area contributed by atoms with Gasteiger partial charge in [-0.05, 0) is 147 Å². The fourth-order valence-electron chi connectivity index (χ4n) is 4.82. The van der Waals surface area contributed by atoms with Crippen LogP contribution in [0.15, 0.2) is 80.4 Å². The standard InChI is InChI=1S/C38H64O3S/c1-29(2)17-13-20-33(9)22-16-23-35(11)26-28-38(39,27-25-34(10)21-14-18-30(3)4)37(42(40,41)32(7)8)36(12)24-15-19-31(5)6/h17-19,22,25-26,32,39H,13-16,20-21,23-24,27-28H2,1-12H3. The van der Waals surface area contributed by atoms with Crippen LogP contribution in [0.1, 0.15) is 147 Å². The van der Waals surface area contributed by atoms with E-state index in [1.165, 1.54) is 33.4 Å². The van der Waals surface area contributed by atoms with Gasteiger partial charge in [-0.25, -0.2) is 8.42 Å². The Kier molecular flexibility index (Phi) is 19.2. The first-order valence-electron chi connectivity index (χ1n) is 16.0. The average molecular weight is 601 g/mol. The summed E-state index contributed by atoms with van der Waals surface area (Å²) in [7, 11) is -3.69. The minimum atomic E-state index is -3.69. The maximum atomic E-state index is 13.8. The number of allylic oxidation sites excluding steroid dienone is 11. The van der Waals surface area contributed by atoms with Crippen molar-refractivity contribution in [1.29, 1.82) is 0 Å². The SMILES string of the molecule is CC(C)=CCCC(C)=CCCC(C)=CCC(O)(CC=C(C)CCC=C(C)C)C(=C(C)CCC=C(C)C)S(=O)(=O)C(C)C. The first-order valence-corrected chi connectivity index (χ1v) is 17.5. The highest BCUT2D eigenvalue weighted by molar-refractivity contribution is 7.95. The molecular weight excluding hydrogens is 536 g/mol. The Morgan fingerprint density at radius 2 is 0.905 bits per heavy atom. The summed E-state index contributed by atoms with van der Waals surface area (Å²) in [6, 6.07) is 0. The summed E-state index contributed by atoms with van der Waals surface area (Å²) >= 11 is 0. The van der Waals surface area contributed by atoms with Gasteiger partial charge in [0.25, 0.3) is 0 Å². The molecule has 0 fully saturated rings. The van der Waals surface area contributed by atoms with Gasteiger partial charge in [-0.1, -0.05) is 75.5 Å². The first kappa shape index (κ1) is 40.1. The number of rotatable bonds is 19. The van der Waals surface area contributed by atoms with Crippen molar-refractivity contribution in [2.45, 2.75) is 158 Å². The topological polar surface area (TPSA) is 54.4 Å². The lowest BCUT2D eigenvalue weighted by molar-refractivity contribution is 0.0904. The van der Waals surface area contributed by atoms with Gasteiger partial charge in [-0.2, -0.15) is 0 Å². The molecule has 0 radical (unpaired) electrons. The third kappa shape index (κ3) is 16.7. The van der Waals surface area contributed by atoms with Crippen LogP contribution in [0, 0.1) is 0 Å². The zero-order chi connectivity index (χ0) is 32.5. The van der Waals surface area contributed by atoms with Crippen molar-refractivity contribution < 1.29 is 13.5 Å². The summed E-state index contributed by atoms with van der Waals surface area (Å²) in [6.45, 7) is 24.2. The van der Waals surface area contributed by atoms with Crippen molar-refractivity contribution >= 4 is 9.84 Å². The summed E-state index contributed by atoms with van der Waals surface area (Å²) in [4.78, 5) is 0.222. The third-order valence-corrected chi connectivity index (χ3v) is 10.1. The molecule has 0 aliphatic carbocycles. The van der Waals surface area contributed by atoms with Crippen molar-refractivity contribution in [3.63, 3.8) is 0 Å². The molecule has 0 amide bonds. The zero-order valence-electron chi connectivity index (χ0n) is 29.3. The van der Waals surface area contributed by atoms with Gasteiger partial charge in [0.1, 0.15) is 5.60 Å². The minimum Gasteiger partial charge on any atom is -0.384 e. The van der Waals surface area contributed by atoms with Gasteiger partial charge in [0.05, 0.1) is 10.2 Å². The lowest BCUT2D eigenvalue weighted by Gasteiger charge is -2.32. The molecule has 0 rings (SSSR count). The molecule has 240 valence electrons. The summed E-state index contributed by atoms with van der Waals surface area (Å²) in [6.07, 6.45) is 20.8. The predicted molar refractivity (Wildman–Crippen MR) is 187 cm³/mol. The zero-order valence-corrected chi connectivity index (χ0v) is 30.1. The highest BCUT2D eigenvalue weighted by Crippen LogP contribution is 2.37. The molecular formula is C38H64O3S. The van der Waals surface area contributed by atoms with Crippen LogP contribution in [0.2, 0.25) is 0 Å².